The summed E-state index contributed by atoms with van der Waals surface area (Å²) in [6.07, 6.45) is -2.10. The van der Waals surface area contributed by atoms with Crippen molar-refractivity contribution in [2.45, 2.75) is 25.9 Å². The molecule has 0 aromatic heterocycles. The molecular weight excluding hydrogens is 281 g/mol. The van der Waals surface area contributed by atoms with Crippen molar-refractivity contribution in [1.29, 1.82) is 0 Å². The summed E-state index contributed by atoms with van der Waals surface area (Å²) in [6.45, 7) is 4.22. The minimum atomic E-state index is -4.35. The lowest BCUT2D eigenvalue weighted by Crippen LogP contribution is -2.39. The highest BCUT2D eigenvalue weighted by atomic mass is 19.4. The Hall–Kier alpha value is -1.56. The Morgan fingerprint density at radius 3 is 2.57 bits per heavy atom. The van der Waals surface area contributed by atoms with Crippen molar-refractivity contribution in [3.05, 3.63) is 29.8 Å². The average Bonchev–Trinajstić information content (AvgIpc) is 2.38. The summed E-state index contributed by atoms with van der Waals surface area (Å²) >= 11 is 0. The molecule has 0 bridgehead atoms. The highest BCUT2D eigenvalue weighted by Gasteiger charge is 2.30. The summed E-state index contributed by atoms with van der Waals surface area (Å²) in [7, 11) is 0. The molecule has 1 aromatic rings. The number of rotatable bonds is 3. The Bertz CT molecular complexity index is 485. The molecule has 0 spiro atoms. The second-order valence-corrected chi connectivity index (χ2v) is 5.61. The van der Waals surface area contributed by atoms with Gasteiger partial charge in [-0.15, -0.1) is 0 Å². The first kappa shape index (κ1) is 15.8. The molecule has 1 N–H and O–H groups in total. The molecule has 1 atom stereocenters. The highest BCUT2D eigenvalue weighted by molar-refractivity contribution is 5.92. The minimum Gasteiger partial charge on any atom is -0.325 e. The monoisotopic (exact) mass is 300 g/mol. The van der Waals surface area contributed by atoms with Crippen LogP contribution in [0.5, 0.6) is 0 Å². The van der Waals surface area contributed by atoms with Gasteiger partial charge in [0, 0.05) is 12.2 Å². The predicted octanol–water partition coefficient (Wildman–Crippen LogP) is 3.38. The van der Waals surface area contributed by atoms with Crippen molar-refractivity contribution >= 4 is 11.6 Å². The summed E-state index contributed by atoms with van der Waals surface area (Å²) < 4.78 is 37.3. The van der Waals surface area contributed by atoms with Crippen LogP contribution in [0, 0.1) is 5.92 Å². The summed E-state index contributed by atoms with van der Waals surface area (Å²) in [5, 5.41) is 2.63. The zero-order chi connectivity index (χ0) is 15.5. The molecule has 6 heteroatoms. The number of nitrogens with one attached hydrogen (secondary N) is 1. The number of benzene rings is 1. The summed E-state index contributed by atoms with van der Waals surface area (Å²) in [6, 6.07) is 4.50. The van der Waals surface area contributed by atoms with Gasteiger partial charge in [-0.05, 0) is 49.6 Å². The lowest BCUT2D eigenvalue weighted by atomic mass is 10.0. The number of nitrogens with zero attached hydrogens (tertiary/aromatic N) is 1. The van der Waals surface area contributed by atoms with Crippen LogP contribution in [0.3, 0.4) is 0 Å². The van der Waals surface area contributed by atoms with E-state index in [1.807, 2.05) is 0 Å². The molecule has 1 aromatic carbocycles. The second kappa shape index (κ2) is 6.47. The molecule has 2 rings (SSSR count). The quantitative estimate of drug-likeness (QED) is 0.928. The minimum absolute atomic E-state index is 0.191. The second-order valence-electron chi connectivity index (χ2n) is 5.61. The number of carbonyl (C=O) groups is 1. The molecule has 0 aliphatic carbocycles. The van der Waals surface area contributed by atoms with Crippen LogP contribution in [0.2, 0.25) is 0 Å². The predicted molar refractivity (Wildman–Crippen MR) is 74.9 cm³/mol. The summed E-state index contributed by atoms with van der Waals surface area (Å²) in [4.78, 5) is 14.0. The largest absolute Gasteiger partial charge is 0.416 e. The standard InChI is InChI=1S/C15H19F3N2O/c1-11-3-2-8-20(9-11)10-14(21)19-13-6-4-12(5-7-13)15(16,17)18/h4-7,11H,2-3,8-10H2,1H3,(H,19,21). The topological polar surface area (TPSA) is 32.3 Å². The van der Waals surface area contributed by atoms with E-state index in [0.29, 0.717) is 11.6 Å². The maximum absolute atomic E-state index is 12.4. The number of hydrogen-bond acceptors (Lipinski definition) is 2. The molecule has 116 valence electrons. The average molecular weight is 300 g/mol. The number of anilines is 1. The third kappa shape index (κ3) is 4.74. The van der Waals surface area contributed by atoms with Crippen LogP contribution in [0.15, 0.2) is 24.3 Å². The first-order valence-electron chi connectivity index (χ1n) is 7.04. The number of alkyl halides is 3. The van der Waals surface area contributed by atoms with E-state index < -0.39 is 11.7 Å². The van der Waals surface area contributed by atoms with Gasteiger partial charge < -0.3 is 5.32 Å². The van der Waals surface area contributed by atoms with Gasteiger partial charge in [0.15, 0.2) is 0 Å². The van der Waals surface area contributed by atoms with Crippen molar-refractivity contribution in [1.82, 2.24) is 4.90 Å². The van der Waals surface area contributed by atoms with Crippen molar-refractivity contribution in [2.24, 2.45) is 5.92 Å². The third-order valence-corrected chi connectivity index (χ3v) is 3.60. The zero-order valence-electron chi connectivity index (χ0n) is 11.9. The van der Waals surface area contributed by atoms with Crippen LogP contribution in [0.25, 0.3) is 0 Å². The molecule has 1 heterocycles. The number of likely N-dealkylation sites (tertiary alicyclic amines) is 1. The van der Waals surface area contributed by atoms with E-state index >= 15 is 0 Å². The number of hydrogen-bond donors (Lipinski definition) is 1. The van der Waals surface area contributed by atoms with E-state index in [1.54, 1.807) is 0 Å². The molecular formula is C15H19F3N2O. The van der Waals surface area contributed by atoms with Gasteiger partial charge in [-0.2, -0.15) is 13.2 Å². The maximum atomic E-state index is 12.4. The SMILES string of the molecule is CC1CCCN(CC(=O)Nc2ccc(C(F)(F)F)cc2)C1. The smallest absolute Gasteiger partial charge is 0.325 e. The van der Waals surface area contributed by atoms with E-state index in [0.717, 1.165) is 31.6 Å². The van der Waals surface area contributed by atoms with Crippen molar-refractivity contribution in [2.75, 3.05) is 25.0 Å². The fraction of sp³-hybridized carbons (Fsp3) is 0.533. The first-order valence-corrected chi connectivity index (χ1v) is 7.04. The number of amides is 1. The Morgan fingerprint density at radius 1 is 1.33 bits per heavy atom. The molecule has 1 saturated heterocycles. The van der Waals surface area contributed by atoms with E-state index in [4.69, 9.17) is 0 Å². The van der Waals surface area contributed by atoms with Gasteiger partial charge in [-0.3, -0.25) is 9.69 Å². The lowest BCUT2D eigenvalue weighted by molar-refractivity contribution is -0.137. The van der Waals surface area contributed by atoms with Crippen LogP contribution in [-0.2, 0) is 11.0 Å². The molecule has 3 nitrogen and oxygen atoms in total. The van der Waals surface area contributed by atoms with Gasteiger partial charge in [0.2, 0.25) is 5.91 Å². The van der Waals surface area contributed by atoms with E-state index in [-0.39, 0.29) is 12.5 Å². The lowest BCUT2D eigenvalue weighted by Gasteiger charge is -2.30. The Balaban J connectivity index is 1.87. The molecule has 1 unspecified atom stereocenters. The number of piperidine rings is 1. The first-order chi connectivity index (χ1) is 9.84. The zero-order valence-corrected chi connectivity index (χ0v) is 11.9. The van der Waals surface area contributed by atoms with E-state index in [2.05, 4.69) is 17.1 Å². The van der Waals surface area contributed by atoms with Crippen molar-refractivity contribution in [3.63, 3.8) is 0 Å². The van der Waals surface area contributed by atoms with Gasteiger partial charge >= 0.3 is 6.18 Å². The molecule has 1 amide bonds. The van der Waals surface area contributed by atoms with Gasteiger partial charge in [0.05, 0.1) is 12.1 Å². The highest BCUT2D eigenvalue weighted by Crippen LogP contribution is 2.29. The molecule has 1 fully saturated rings. The third-order valence-electron chi connectivity index (χ3n) is 3.60. The summed E-state index contributed by atoms with van der Waals surface area (Å²) in [5.41, 5.74) is -0.330. The van der Waals surface area contributed by atoms with E-state index in [9.17, 15) is 18.0 Å². The van der Waals surface area contributed by atoms with Crippen LogP contribution < -0.4 is 5.32 Å². The van der Waals surface area contributed by atoms with E-state index in [1.165, 1.54) is 18.6 Å². The fourth-order valence-electron chi connectivity index (χ4n) is 2.58. The van der Waals surface area contributed by atoms with Gasteiger partial charge in [0.25, 0.3) is 0 Å². The van der Waals surface area contributed by atoms with Crippen molar-refractivity contribution in [3.8, 4) is 0 Å². The molecule has 1 aliphatic rings. The van der Waals surface area contributed by atoms with Crippen LogP contribution in [0.1, 0.15) is 25.3 Å². The Labute approximate surface area is 122 Å². The Morgan fingerprint density at radius 2 is 2.00 bits per heavy atom. The number of halogens is 3. The van der Waals surface area contributed by atoms with Gasteiger partial charge in [-0.1, -0.05) is 6.92 Å². The fourth-order valence-corrected chi connectivity index (χ4v) is 2.58. The van der Waals surface area contributed by atoms with Crippen LogP contribution in [0.4, 0.5) is 18.9 Å². The van der Waals surface area contributed by atoms with Gasteiger partial charge in [0.1, 0.15) is 0 Å². The van der Waals surface area contributed by atoms with Crippen molar-refractivity contribution < 1.29 is 18.0 Å². The molecule has 0 radical (unpaired) electrons. The van der Waals surface area contributed by atoms with Gasteiger partial charge in [-0.25, -0.2) is 0 Å². The molecule has 0 saturated carbocycles. The Kier molecular flexibility index (Phi) is 4.88. The number of carbonyl (C=O) groups excluding carboxylic acids is 1. The molecule has 21 heavy (non-hydrogen) atoms. The molecule has 1 aliphatic heterocycles. The normalized spacial score (nSPS) is 20.3. The van der Waals surface area contributed by atoms with Crippen LogP contribution >= 0.6 is 0 Å². The summed E-state index contributed by atoms with van der Waals surface area (Å²) in [5.74, 6) is 0.390. The van der Waals surface area contributed by atoms with Crippen LogP contribution in [-0.4, -0.2) is 30.4 Å². The maximum Gasteiger partial charge on any atom is 0.416 e.